The van der Waals surface area contributed by atoms with Crippen LogP contribution in [0.3, 0.4) is 0 Å². The Kier molecular flexibility index (Phi) is 4.71. The standard InChI is InChI=1S/C17H17N3O3S/c1-3-10-6-5-7-11-12(8-18-15(10)11)14(21)9-23-17(22)16-13(4-2)19-20-24-16/h5-8,18H,3-4,9H2,1-2H3. The molecule has 0 atom stereocenters. The molecule has 6 nitrogen and oxygen atoms in total. The number of fused-ring (bicyclic) bond motifs is 1. The number of hydrogen-bond donors (Lipinski definition) is 1. The number of Topliss-reactive ketones (excluding diaryl/α,β-unsaturated/α-hetero) is 1. The number of carbonyl (C=O) groups is 2. The van der Waals surface area contributed by atoms with Gasteiger partial charge in [0, 0.05) is 22.7 Å². The molecule has 0 radical (unpaired) electrons. The normalized spacial score (nSPS) is 10.9. The van der Waals surface area contributed by atoms with E-state index in [9.17, 15) is 9.59 Å². The largest absolute Gasteiger partial charge is 0.453 e. The van der Waals surface area contributed by atoms with Crippen LogP contribution in [0.15, 0.2) is 24.4 Å². The van der Waals surface area contributed by atoms with Gasteiger partial charge in [-0.15, -0.1) is 5.10 Å². The predicted octanol–water partition coefficient (Wildman–Crippen LogP) is 3.18. The Bertz CT molecular complexity index is 898. The van der Waals surface area contributed by atoms with E-state index in [4.69, 9.17) is 4.74 Å². The van der Waals surface area contributed by atoms with Gasteiger partial charge in [-0.05, 0) is 29.9 Å². The van der Waals surface area contributed by atoms with Crippen molar-refractivity contribution in [3.63, 3.8) is 0 Å². The molecular formula is C17H17N3O3S. The molecule has 3 rings (SSSR count). The van der Waals surface area contributed by atoms with Crippen molar-refractivity contribution in [1.82, 2.24) is 14.6 Å². The number of para-hydroxylation sites is 1. The minimum Gasteiger partial charge on any atom is -0.453 e. The first-order valence-electron chi connectivity index (χ1n) is 7.76. The molecule has 0 unspecified atom stereocenters. The van der Waals surface area contributed by atoms with Gasteiger partial charge in [0.05, 0.1) is 5.69 Å². The minimum absolute atomic E-state index is 0.238. The zero-order chi connectivity index (χ0) is 17.1. The van der Waals surface area contributed by atoms with Crippen molar-refractivity contribution in [1.29, 1.82) is 0 Å². The van der Waals surface area contributed by atoms with Crippen LogP contribution in [-0.4, -0.2) is 32.9 Å². The third-order valence-corrected chi connectivity index (χ3v) is 4.64. The molecule has 1 aromatic carbocycles. The zero-order valence-corrected chi connectivity index (χ0v) is 14.3. The first-order chi connectivity index (χ1) is 11.7. The number of esters is 1. The molecule has 1 N–H and O–H groups in total. The van der Waals surface area contributed by atoms with Crippen molar-refractivity contribution in [2.24, 2.45) is 0 Å². The fourth-order valence-corrected chi connectivity index (χ4v) is 3.26. The van der Waals surface area contributed by atoms with Crippen LogP contribution in [0.25, 0.3) is 10.9 Å². The van der Waals surface area contributed by atoms with Gasteiger partial charge in [0.1, 0.15) is 0 Å². The number of hydrogen-bond acceptors (Lipinski definition) is 6. The van der Waals surface area contributed by atoms with Crippen LogP contribution in [0.4, 0.5) is 0 Å². The molecule has 3 aromatic rings. The molecule has 0 spiro atoms. The van der Waals surface area contributed by atoms with Crippen LogP contribution in [0.5, 0.6) is 0 Å². The summed E-state index contributed by atoms with van der Waals surface area (Å²) in [4.78, 5) is 28.0. The van der Waals surface area contributed by atoms with Gasteiger partial charge in [-0.3, -0.25) is 4.79 Å². The minimum atomic E-state index is -0.552. The molecule has 0 saturated carbocycles. The summed E-state index contributed by atoms with van der Waals surface area (Å²) in [6.07, 6.45) is 3.14. The smallest absolute Gasteiger partial charge is 0.352 e. The van der Waals surface area contributed by atoms with E-state index in [1.54, 1.807) is 6.20 Å². The highest BCUT2D eigenvalue weighted by atomic mass is 32.1. The summed E-state index contributed by atoms with van der Waals surface area (Å²) in [5.74, 6) is -0.789. The summed E-state index contributed by atoms with van der Waals surface area (Å²) < 4.78 is 8.90. The summed E-state index contributed by atoms with van der Waals surface area (Å²) >= 11 is 0.986. The van der Waals surface area contributed by atoms with Gasteiger partial charge in [0.25, 0.3) is 0 Å². The second kappa shape index (κ2) is 6.92. The molecular weight excluding hydrogens is 326 g/mol. The molecule has 0 fully saturated rings. The molecule has 7 heteroatoms. The lowest BCUT2D eigenvalue weighted by molar-refractivity contribution is 0.0478. The number of rotatable bonds is 6. The summed E-state index contributed by atoms with van der Waals surface area (Å²) in [5.41, 5.74) is 3.23. The van der Waals surface area contributed by atoms with E-state index in [0.29, 0.717) is 22.6 Å². The molecule has 0 aliphatic heterocycles. The number of ketones is 1. The van der Waals surface area contributed by atoms with E-state index in [1.165, 1.54) is 0 Å². The lowest BCUT2D eigenvalue weighted by Gasteiger charge is -2.03. The van der Waals surface area contributed by atoms with E-state index < -0.39 is 5.97 Å². The van der Waals surface area contributed by atoms with Crippen molar-refractivity contribution in [2.45, 2.75) is 26.7 Å². The Morgan fingerprint density at radius 3 is 2.83 bits per heavy atom. The topological polar surface area (TPSA) is 84.9 Å². The molecule has 0 aliphatic rings. The van der Waals surface area contributed by atoms with E-state index >= 15 is 0 Å². The van der Waals surface area contributed by atoms with Gasteiger partial charge < -0.3 is 9.72 Å². The molecule has 124 valence electrons. The van der Waals surface area contributed by atoms with E-state index in [0.717, 1.165) is 34.4 Å². The molecule has 0 saturated heterocycles. The number of aryl methyl sites for hydroxylation is 2. The number of carbonyl (C=O) groups excluding carboxylic acids is 2. The average Bonchev–Trinajstić information content (AvgIpc) is 3.25. The van der Waals surface area contributed by atoms with Crippen LogP contribution < -0.4 is 0 Å². The fraction of sp³-hybridized carbons (Fsp3) is 0.294. The van der Waals surface area contributed by atoms with Crippen LogP contribution in [-0.2, 0) is 17.6 Å². The SMILES string of the molecule is CCc1nnsc1C(=O)OCC(=O)c1c[nH]c2c(CC)cccc12. The summed E-state index contributed by atoms with van der Waals surface area (Å²) in [6, 6.07) is 5.84. The highest BCUT2D eigenvalue weighted by Crippen LogP contribution is 2.23. The maximum absolute atomic E-state index is 12.4. The van der Waals surface area contributed by atoms with Gasteiger partial charge in [-0.25, -0.2) is 4.79 Å². The Morgan fingerprint density at radius 2 is 2.08 bits per heavy atom. The van der Waals surface area contributed by atoms with Gasteiger partial charge in [-0.1, -0.05) is 36.5 Å². The number of aromatic nitrogens is 3. The van der Waals surface area contributed by atoms with Crippen LogP contribution in [0.1, 0.15) is 45.1 Å². The third-order valence-electron chi connectivity index (χ3n) is 3.89. The Labute approximate surface area is 143 Å². The molecule has 0 amide bonds. The summed E-state index contributed by atoms with van der Waals surface area (Å²) in [6.45, 7) is 3.65. The van der Waals surface area contributed by atoms with Crippen LogP contribution >= 0.6 is 11.5 Å². The first-order valence-corrected chi connectivity index (χ1v) is 8.53. The van der Waals surface area contributed by atoms with Crippen molar-refractivity contribution in [2.75, 3.05) is 6.61 Å². The van der Waals surface area contributed by atoms with Gasteiger partial charge in [0.15, 0.2) is 11.5 Å². The maximum Gasteiger partial charge on any atom is 0.352 e. The van der Waals surface area contributed by atoms with Gasteiger partial charge in [0.2, 0.25) is 5.78 Å². The monoisotopic (exact) mass is 343 g/mol. The Morgan fingerprint density at radius 1 is 1.25 bits per heavy atom. The Balaban J connectivity index is 1.75. The molecule has 0 aliphatic carbocycles. The van der Waals surface area contributed by atoms with Gasteiger partial charge >= 0.3 is 5.97 Å². The van der Waals surface area contributed by atoms with Gasteiger partial charge in [-0.2, -0.15) is 0 Å². The van der Waals surface area contributed by atoms with Crippen molar-refractivity contribution < 1.29 is 14.3 Å². The lowest BCUT2D eigenvalue weighted by Crippen LogP contribution is -2.14. The van der Waals surface area contributed by atoms with Crippen molar-refractivity contribution in [3.05, 3.63) is 46.1 Å². The zero-order valence-electron chi connectivity index (χ0n) is 13.5. The fourth-order valence-electron chi connectivity index (χ4n) is 2.61. The second-order valence-corrected chi connectivity index (χ2v) is 6.05. The third kappa shape index (κ3) is 2.94. The number of nitrogens with one attached hydrogen (secondary N) is 1. The quantitative estimate of drug-likeness (QED) is 0.549. The summed E-state index contributed by atoms with van der Waals surface area (Å²) in [5, 5.41) is 4.72. The average molecular weight is 343 g/mol. The summed E-state index contributed by atoms with van der Waals surface area (Å²) in [7, 11) is 0. The highest BCUT2D eigenvalue weighted by Gasteiger charge is 2.19. The second-order valence-electron chi connectivity index (χ2n) is 5.30. The molecule has 24 heavy (non-hydrogen) atoms. The first kappa shape index (κ1) is 16.3. The number of benzene rings is 1. The maximum atomic E-state index is 12.4. The molecule has 0 bridgehead atoms. The lowest BCUT2D eigenvalue weighted by atomic mass is 10.1. The molecule has 2 aromatic heterocycles. The number of ether oxygens (including phenoxy) is 1. The number of nitrogens with zero attached hydrogens (tertiary/aromatic N) is 2. The van der Waals surface area contributed by atoms with E-state index in [1.807, 2.05) is 25.1 Å². The van der Waals surface area contributed by atoms with Crippen LogP contribution in [0.2, 0.25) is 0 Å². The number of H-pyrrole nitrogens is 1. The van der Waals surface area contributed by atoms with Crippen molar-refractivity contribution in [3.8, 4) is 0 Å². The predicted molar refractivity (Wildman–Crippen MR) is 91.6 cm³/mol. The highest BCUT2D eigenvalue weighted by molar-refractivity contribution is 7.07. The van der Waals surface area contributed by atoms with Crippen LogP contribution in [0, 0.1) is 0 Å². The molecule has 2 heterocycles. The number of aromatic amines is 1. The van der Waals surface area contributed by atoms with E-state index in [-0.39, 0.29) is 12.4 Å². The van der Waals surface area contributed by atoms with Crippen molar-refractivity contribution >= 4 is 34.2 Å². The Hall–Kier alpha value is -2.54. The van der Waals surface area contributed by atoms with E-state index in [2.05, 4.69) is 21.5 Å².